The van der Waals surface area contributed by atoms with Crippen LogP contribution in [0.2, 0.25) is 5.02 Å². The van der Waals surface area contributed by atoms with E-state index in [1.54, 1.807) is 18.2 Å². The molecule has 116 valence electrons. The first kappa shape index (κ1) is 16.7. The molecule has 0 aliphatic heterocycles. The molecule has 2 rings (SSSR count). The average molecular weight is 357 g/mol. The molecule has 22 heavy (non-hydrogen) atoms. The first-order valence-electron chi connectivity index (χ1n) is 6.24. The summed E-state index contributed by atoms with van der Waals surface area (Å²) in [5.74, 6) is -0.172. The van der Waals surface area contributed by atoms with Gasteiger partial charge in [-0.05, 0) is 24.6 Å². The van der Waals surface area contributed by atoms with Crippen LogP contribution in [0.4, 0.5) is 10.8 Å². The first-order chi connectivity index (χ1) is 10.5. The lowest BCUT2D eigenvalue weighted by Crippen LogP contribution is -2.14. The van der Waals surface area contributed by atoms with Crippen LogP contribution in [0.25, 0.3) is 0 Å². The Balaban J connectivity index is 1.89. The van der Waals surface area contributed by atoms with Crippen molar-refractivity contribution in [3.63, 3.8) is 0 Å². The lowest BCUT2D eigenvalue weighted by molar-refractivity contribution is -0.114. The molecule has 0 fully saturated rings. The van der Waals surface area contributed by atoms with Crippen molar-refractivity contribution in [3.8, 4) is 0 Å². The third-order valence-electron chi connectivity index (χ3n) is 2.56. The van der Waals surface area contributed by atoms with E-state index in [0.29, 0.717) is 20.2 Å². The number of rotatable bonds is 5. The molecule has 0 saturated heterocycles. The van der Waals surface area contributed by atoms with Gasteiger partial charge in [0.1, 0.15) is 0 Å². The van der Waals surface area contributed by atoms with Gasteiger partial charge in [0.25, 0.3) is 0 Å². The number of hydrogen-bond donors (Lipinski definition) is 2. The van der Waals surface area contributed by atoms with Gasteiger partial charge in [0.15, 0.2) is 4.34 Å². The lowest BCUT2D eigenvalue weighted by atomic mass is 10.2. The number of amides is 2. The number of carbonyl (C=O) groups excluding carboxylic acids is 2. The number of nitrogens with zero attached hydrogens (tertiary/aromatic N) is 2. The molecule has 0 radical (unpaired) electrons. The second-order valence-corrected chi connectivity index (χ2v) is 6.91. The van der Waals surface area contributed by atoms with E-state index in [9.17, 15) is 9.59 Å². The molecule has 2 aromatic rings. The van der Waals surface area contributed by atoms with Crippen molar-refractivity contribution in [2.24, 2.45) is 0 Å². The summed E-state index contributed by atoms with van der Waals surface area (Å²) in [6.07, 6.45) is 0. The standard InChI is InChI=1S/C13H13ClN4O2S2/c1-7-9(14)4-3-5-10(7)16-11(20)6-21-13-18-17-12(22-13)15-8(2)19/h3-5H,6H2,1-2H3,(H,16,20)(H,15,17,19). The molecule has 0 aliphatic carbocycles. The molecule has 0 saturated carbocycles. The van der Waals surface area contributed by atoms with Gasteiger partial charge >= 0.3 is 0 Å². The van der Waals surface area contributed by atoms with Gasteiger partial charge in [-0.2, -0.15) is 0 Å². The van der Waals surface area contributed by atoms with Gasteiger partial charge < -0.3 is 10.6 Å². The van der Waals surface area contributed by atoms with E-state index in [-0.39, 0.29) is 17.6 Å². The van der Waals surface area contributed by atoms with Gasteiger partial charge in [0.2, 0.25) is 16.9 Å². The molecule has 6 nitrogen and oxygen atoms in total. The molecule has 2 N–H and O–H groups in total. The minimum atomic E-state index is -0.207. The SMILES string of the molecule is CC(=O)Nc1nnc(SCC(=O)Nc2cccc(Cl)c2C)s1. The molecular weight excluding hydrogens is 344 g/mol. The number of aromatic nitrogens is 2. The van der Waals surface area contributed by atoms with Gasteiger partial charge in [-0.1, -0.05) is 40.8 Å². The summed E-state index contributed by atoms with van der Waals surface area (Å²) < 4.78 is 0.613. The fourth-order valence-electron chi connectivity index (χ4n) is 1.53. The Hall–Kier alpha value is -1.64. The largest absolute Gasteiger partial charge is 0.325 e. The van der Waals surface area contributed by atoms with Crippen LogP contribution in [0.15, 0.2) is 22.5 Å². The summed E-state index contributed by atoms with van der Waals surface area (Å²) >= 11 is 8.48. The maximum Gasteiger partial charge on any atom is 0.234 e. The Morgan fingerprint density at radius 3 is 2.82 bits per heavy atom. The molecule has 0 bridgehead atoms. The van der Waals surface area contributed by atoms with Crippen molar-refractivity contribution in [1.82, 2.24) is 10.2 Å². The van der Waals surface area contributed by atoms with Crippen LogP contribution < -0.4 is 10.6 Å². The van der Waals surface area contributed by atoms with Crippen molar-refractivity contribution < 1.29 is 9.59 Å². The number of anilines is 2. The van der Waals surface area contributed by atoms with Gasteiger partial charge in [0.05, 0.1) is 5.75 Å². The third kappa shape index (κ3) is 4.69. The molecule has 1 heterocycles. The van der Waals surface area contributed by atoms with Gasteiger partial charge in [0, 0.05) is 17.6 Å². The summed E-state index contributed by atoms with van der Waals surface area (Å²) in [4.78, 5) is 22.8. The predicted octanol–water partition coefficient (Wildman–Crippen LogP) is 3.19. The zero-order valence-corrected chi connectivity index (χ0v) is 14.2. The molecular formula is C13H13ClN4O2S2. The Kier molecular flexibility index (Phi) is 5.76. The summed E-state index contributed by atoms with van der Waals surface area (Å²) in [5.41, 5.74) is 1.51. The molecule has 2 amide bonds. The fourth-order valence-corrected chi connectivity index (χ4v) is 3.30. The van der Waals surface area contributed by atoms with Crippen LogP contribution in [0, 0.1) is 6.92 Å². The van der Waals surface area contributed by atoms with Crippen molar-refractivity contribution >= 4 is 57.3 Å². The highest BCUT2D eigenvalue weighted by Crippen LogP contribution is 2.26. The van der Waals surface area contributed by atoms with Gasteiger partial charge in [-0.25, -0.2) is 0 Å². The first-order valence-corrected chi connectivity index (χ1v) is 8.42. The van der Waals surface area contributed by atoms with Gasteiger partial charge in [-0.15, -0.1) is 10.2 Å². The highest BCUT2D eigenvalue weighted by Gasteiger charge is 2.10. The third-order valence-corrected chi connectivity index (χ3v) is 4.94. The number of thioether (sulfide) groups is 1. The summed E-state index contributed by atoms with van der Waals surface area (Å²) in [5, 5.41) is 14.1. The zero-order valence-electron chi connectivity index (χ0n) is 11.8. The number of benzene rings is 1. The second-order valence-electron chi connectivity index (χ2n) is 4.30. The van der Waals surface area contributed by atoms with Crippen LogP contribution in [-0.2, 0) is 9.59 Å². The van der Waals surface area contributed by atoms with E-state index in [2.05, 4.69) is 20.8 Å². The normalized spacial score (nSPS) is 10.3. The number of carbonyl (C=O) groups is 2. The fraction of sp³-hybridized carbons (Fsp3) is 0.231. The van der Waals surface area contributed by atoms with E-state index >= 15 is 0 Å². The molecule has 0 aliphatic rings. The van der Waals surface area contributed by atoms with Crippen molar-refractivity contribution in [1.29, 1.82) is 0 Å². The zero-order chi connectivity index (χ0) is 16.1. The number of halogens is 1. The quantitative estimate of drug-likeness (QED) is 0.635. The monoisotopic (exact) mass is 356 g/mol. The van der Waals surface area contributed by atoms with Gasteiger partial charge in [-0.3, -0.25) is 9.59 Å². The van der Waals surface area contributed by atoms with E-state index in [1.807, 2.05) is 6.92 Å². The molecule has 1 aromatic heterocycles. The van der Waals surface area contributed by atoms with Crippen molar-refractivity contribution in [2.45, 2.75) is 18.2 Å². The smallest absolute Gasteiger partial charge is 0.234 e. The molecule has 9 heteroatoms. The van der Waals surface area contributed by atoms with Crippen molar-refractivity contribution in [3.05, 3.63) is 28.8 Å². The maximum atomic E-state index is 11.9. The van der Waals surface area contributed by atoms with E-state index < -0.39 is 0 Å². The highest BCUT2D eigenvalue weighted by atomic mass is 35.5. The van der Waals surface area contributed by atoms with Crippen molar-refractivity contribution in [2.75, 3.05) is 16.4 Å². The highest BCUT2D eigenvalue weighted by molar-refractivity contribution is 8.01. The van der Waals surface area contributed by atoms with E-state index in [0.717, 1.165) is 5.56 Å². The van der Waals surface area contributed by atoms with E-state index in [4.69, 9.17) is 11.6 Å². The second kappa shape index (κ2) is 7.57. The molecule has 0 spiro atoms. The summed E-state index contributed by atoms with van der Waals surface area (Å²) in [6.45, 7) is 3.24. The predicted molar refractivity (Wildman–Crippen MR) is 89.8 cm³/mol. The van der Waals surface area contributed by atoms with Crippen LogP contribution in [0.5, 0.6) is 0 Å². The lowest BCUT2D eigenvalue weighted by Gasteiger charge is -2.08. The Bertz CT molecular complexity index is 705. The van der Waals surface area contributed by atoms with Crippen LogP contribution in [-0.4, -0.2) is 27.8 Å². The van der Waals surface area contributed by atoms with Crippen LogP contribution in [0.3, 0.4) is 0 Å². The molecule has 1 aromatic carbocycles. The van der Waals surface area contributed by atoms with Crippen LogP contribution in [0.1, 0.15) is 12.5 Å². The van der Waals surface area contributed by atoms with E-state index in [1.165, 1.54) is 30.0 Å². The Labute approximate surface area is 140 Å². The minimum Gasteiger partial charge on any atom is -0.325 e. The Morgan fingerprint density at radius 1 is 1.32 bits per heavy atom. The number of nitrogens with one attached hydrogen (secondary N) is 2. The summed E-state index contributed by atoms with van der Waals surface area (Å²) in [7, 11) is 0. The topological polar surface area (TPSA) is 84.0 Å². The Morgan fingerprint density at radius 2 is 2.09 bits per heavy atom. The average Bonchev–Trinajstić information content (AvgIpc) is 2.88. The molecule has 0 atom stereocenters. The minimum absolute atomic E-state index is 0.161. The number of hydrogen-bond acceptors (Lipinski definition) is 6. The van der Waals surface area contributed by atoms with Crippen LogP contribution >= 0.6 is 34.7 Å². The maximum absolute atomic E-state index is 11.9. The molecule has 0 unspecified atom stereocenters. The summed E-state index contributed by atoms with van der Waals surface area (Å²) in [6, 6.07) is 5.35.